The molecule has 0 unspecified atom stereocenters. The molecule has 0 spiro atoms. The minimum Gasteiger partial charge on any atom is -0.489 e. The molecule has 29 heavy (non-hydrogen) atoms. The number of carbonyl (C=O) groups is 2. The largest absolute Gasteiger partial charge is 0.489 e. The second-order valence-electron chi connectivity index (χ2n) is 6.10. The molecular formula is C23H19ClN2O3. The monoisotopic (exact) mass is 406 g/mol. The van der Waals surface area contributed by atoms with Crippen molar-refractivity contribution in [3.63, 3.8) is 0 Å². The Hall–Kier alpha value is -3.57. The lowest BCUT2D eigenvalue weighted by atomic mass is 10.1. The van der Waals surface area contributed by atoms with Gasteiger partial charge in [0.1, 0.15) is 12.4 Å². The number of anilines is 2. The summed E-state index contributed by atoms with van der Waals surface area (Å²) in [6.45, 7) is 3.76. The number of halogens is 1. The van der Waals surface area contributed by atoms with Crippen LogP contribution in [0.5, 0.6) is 5.75 Å². The van der Waals surface area contributed by atoms with Gasteiger partial charge in [0, 0.05) is 16.3 Å². The predicted molar refractivity (Wildman–Crippen MR) is 115 cm³/mol. The van der Waals surface area contributed by atoms with Crippen molar-refractivity contribution >= 4 is 34.8 Å². The molecule has 0 aliphatic rings. The van der Waals surface area contributed by atoms with Crippen LogP contribution in [0.2, 0.25) is 5.02 Å². The minimum atomic E-state index is -0.384. The number of rotatable bonds is 7. The Balaban J connectivity index is 1.64. The summed E-state index contributed by atoms with van der Waals surface area (Å²) in [6.07, 6.45) is 1.15. The van der Waals surface area contributed by atoms with E-state index in [-0.39, 0.29) is 11.8 Å². The first-order valence-electron chi connectivity index (χ1n) is 8.87. The maximum atomic E-state index is 12.6. The predicted octanol–water partition coefficient (Wildman–Crippen LogP) is 5.30. The highest BCUT2D eigenvalue weighted by Crippen LogP contribution is 2.22. The minimum absolute atomic E-state index is 0.338. The average molecular weight is 407 g/mol. The topological polar surface area (TPSA) is 67.4 Å². The van der Waals surface area contributed by atoms with E-state index in [9.17, 15) is 9.59 Å². The third kappa shape index (κ3) is 5.46. The lowest BCUT2D eigenvalue weighted by Gasteiger charge is -2.11. The van der Waals surface area contributed by atoms with Gasteiger partial charge in [-0.1, -0.05) is 48.5 Å². The van der Waals surface area contributed by atoms with E-state index in [1.165, 1.54) is 0 Å². The fraction of sp³-hybridized carbons (Fsp3) is 0.0435. The molecule has 146 valence electrons. The van der Waals surface area contributed by atoms with Crippen molar-refractivity contribution in [3.8, 4) is 5.75 Å². The van der Waals surface area contributed by atoms with Crippen molar-refractivity contribution in [3.05, 3.63) is 102 Å². The zero-order valence-corrected chi connectivity index (χ0v) is 16.3. The highest BCUT2D eigenvalue weighted by atomic mass is 35.5. The van der Waals surface area contributed by atoms with Gasteiger partial charge in [-0.15, -0.1) is 0 Å². The van der Waals surface area contributed by atoms with Crippen LogP contribution in [-0.2, 0) is 11.4 Å². The van der Waals surface area contributed by atoms with Gasteiger partial charge in [0.05, 0.1) is 11.3 Å². The Labute approximate surface area is 174 Å². The van der Waals surface area contributed by atoms with Crippen molar-refractivity contribution in [2.24, 2.45) is 0 Å². The van der Waals surface area contributed by atoms with Crippen molar-refractivity contribution in [1.82, 2.24) is 0 Å². The second kappa shape index (κ2) is 9.57. The Bertz CT molecular complexity index is 1030. The van der Waals surface area contributed by atoms with Gasteiger partial charge < -0.3 is 15.4 Å². The SMILES string of the molecule is C=CC(=O)Nc1ccccc1C(=O)Nc1ccc(OCc2ccccc2Cl)cc1. The first kappa shape index (κ1) is 20.2. The molecule has 0 fully saturated rings. The second-order valence-corrected chi connectivity index (χ2v) is 6.50. The van der Waals surface area contributed by atoms with E-state index in [0.29, 0.717) is 34.3 Å². The fourth-order valence-corrected chi connectivity index (χ4v) is 2.77. The number of amides is 2. The van der Waals surface area contributed by atoms with Crippen molar-refractivity contribution in [2.75, 3.05) is 10.6 Å². The Kier molecular flexibility index (Phi) is 6.66. The van der Waals surface area contributed by atoms with E-state index in [1.807, 2.05) is 24.3 Å². The van der Waals surface area contributed by atoms with Crippen LogP contribution < -0.4 is 15.4 Å². The van der Waals surface area contributed by atoms with Crippen LogP contribution in [0.15, 0.2) is 85.5 Å². The van der Waals surface area contributed by atoms with Crippen LogP contribution in [0, 0.1) is 0 Å². The van der Waals surface area contributed by atoms with E-state index in [1.54, 1.807) is 48.5 Å². The summed E-state index contributed by atoms with van der Waals surface area (Å²) >= 11 is 6.13. The molecule has 0 aliphatic heterocycles. The van der Waals surface area contributed by atoms with Gasteiger partial charge in [-0.3, -0.25) is 9.59 Å². The first-order chi connectivity index (χ1) is 14.1. The fourth-order valence-electron chi connectivity index (χ4n) is 2.58. The van der Waals surface area contributed by atoms with Gasteiger partial charge in [0.2, 0.25) is 5.91 Å². The molecule has 2 amide bonds. The molecule has 3 aromatic rings. The smallest absolute Gasteiger partial charge is 0.257 e. The normalized spacial score (nSPS) is 10.1. The quantitative estimate of drug-likeness (QED) is 0.523. The molecule has 0 heterocycles. The average Bonchev–Trinajstić information content (AvgIpc) is 2.74. The molecule has 0 saturated carbocycles. The molecule has 0 bridgehead atoms. The maximum Gasteiger partial charge on any atom is 0.257 e. The van der Waals surface area contributed by atoms with Crippen LogP contribution in [0.25, 0.3) is 0 Å². The summed E-state index contributed by atoms with van der Waals surface area (Å²) in [5.41, 5.74) is 2.26. The van der Waals surface area contributed by atoms with E-state index >= 15 is 0 Å². The van der Waals surface area contributed by atoms with Gasteiger partial charge in [-0.25, -0.2) is 0 Å². The molecule has 0 saturated heterocycles. The zero-order chi connectivity index (χ0) is 20.6. The molecule has 0 atom stereocenters. The van der Waals surface area contributed by atoms with E-state index in [0.717, 1.165) is 11.6 Å². The molecule has 3 aromatic carbocycles. The number of para-hydroxylation sites is 1. The van der Waals surface area contributed by atoms with Crippen LogP contribution in [0.3, 0.4) is 0 Å². The first-order valence-corrected chi connectivity index (χ1v) is 9.24. The maximum absolute atomic E-state index is 12.6. The van der Waals surface area contributed by atoms with Gasteiger partial charge in [-0.05, 0) is 48.5 Å². The number of hydrogen-bond donors (Lipinski definition) is 2. The highest BCUT2D eigenvalue weighted by molar-refractivity contribution is 6.31. The highest BCUT2D eigenvalue weighted by Gasteiger charge is 2.12. The number of carbonyl (C=O) groups excluding carboxylic acids is 2. The summed E-state index contributed by atoms with van der Waals surface area (Å²) in [5.74, 6) is -0.0680. The number of benzene rings is 3. The van der Waals surface area contributed by atoms with E-state index < -0.39 is 0 Å². The van der Waals surface area contributed by atoms with E-state index in [2.05, 4.69) is 17.2 Å². The van der Waals surface area contributed by atoms with Crippen molar-refractivity contribution < 1.29 is 14.3 Å². The van der Waals surface area contributed by atoms with Gasteiger partial charge >= 0.3 is 0 Å². The van der Waals surface area contributed by atoms with Gasteiger partial charge in [0.25, 0.3) is 5.91 Å². The molecule has 3 rings (SSSR count). The Morgan fingerprint density at radius 2 is 1.62 bits per heavy atom. The lowest BCUT2D eigenvalue weighted by Crippen LogP contribution is -2.16. The molecular weight excluding hydrogens is 388 g/mol. The summed E-state index contributed by atoms with van der Waals surface area (Å²) in [6, 6.07) is 21.2. The standard InChI is InChI=1S/C23H19ClN2O3/c1-2-22(27)26-21-10-6-4-8-19(21)23(28)25-17-11-13-18(14-12-17)29-15-16-7-3-5-9-20(16)24/h2-14H,1,15H2,(H,25,28)(H,26,27). The van der Waals surface area contributed by atoms with Gasteiger partial charge in [0.15, 0.2) is 0 Å². The molecule has 0 aromatic heterocycles. The van der Waals surface area contributed by atoms with E-state index in [4.69, 9.17) is 16.3 Å². The van der Waals surface area contributed by atoms with Crippen LogP contribution >= 0.6 is 11.6 Å². The summed E-state index contributed by atoms with van der Waals surface area (Å²) in [5, 5.41) is 6.08. The van der Waals surface area contributed by atoms with Crippen LogP contribution in [0.4, 0.5) is 11.4 Å². The molecule has 2 N–H and O–H groups in total. The van der Waals surface area contributed by atoms with Crippen molar-refractivity contribution in [2.45, 2.75) is 6.61 Å². The molecule has 0 radical (unpaired) electrons. The molecule has 5 nitrogen and oxygen atoms in total. The Morgan fingerprint density at radius 1 is 0.931 bits per heavy atom. The number of ether oxygens (including phenoxy) is 1. The summed E-state index contributed by atoms with van der Waals surface area (Å²) in [4.78, 5) is 24.2. The number of nitrogens with one attached hydrogen (secondary N) is 2. The van der Waals surface area contributed by atoms with Gasteiger partial charge in [-0.2, -0.15) is 0 Å². The zero-order valence-electron chi connectivity index (χ0n) is 15.5. The molecule has 6 heteroatoms. The molecule has 0 aliphatic carbocycles. The lowest BCUT2D eigenvalue weighted by molar-refractivity contribution is -0.111. The number of hydrogen-bond acceptors (Lipinski definition) is 3. The third-order valence-corrected chi connectivity index (χ3v) is 4.45. The van der Waals surface area contributed by atoms with Crippen LogP contribution in [0.1, 0.15) is 15.9 Å². The third-order valence-electron chi connectivity index (χ3n) is 4.08. The van der Waals surface area contributed by atoms with Crippen molar-refractivity contribution in [1.29, 1.82) is 0 Å². The summed E-state index contributed by atoms with van der Waals surface area (Å²) < 4.78 is 5.74. The van der Waals surface area contributed by atoms with Crippen LogP contribution in [-0.4, -0.2) is 11.8 Å². The summed E-state index contributed by atoms with van der Waals surface area (Å²) in [7, 11) is 0. The Morgan fingerprint density at radius 3 is 2.34 bits per heavy atom.